The topological polar surface area (TPSA) is 92.8 Å². The van der Waals surface area contributed by atoms with Crippen molar-refractivity contribution in [1.82, 2.24) is 0 Å². The number of hydrogen-bond acceptors (Lipinski definition) is 5. The number of benzene rings is 2. The highest BCUT2D eigenvalue weighted by atomic mass is 79.9. The van der Waals surface area contributed by atoms with Crippen molar-refractivity contribution in [2.24, 2.45) is 0 Å². The van der Waals surface area contributed by atoms with Crippen molar-refractivity contribution in [3.05, 3.63) is 57.5 Å². The zero-order valence-electron chi connectivity index (χ0n) is 15.1. The number of sulfonamides is 1. The van der Waals surface area contributed by atoms with Crippen LogP contribution in [0.5, 0.6) is 0 Å². The maximum Gasteiger partial charge on any atom is 0.339 e. The molecule has 1 amide bonds. The molecule has 0 aromatic heterocycles. The highest BCUT2D eigenvalue weighted by Gasteiger charge is 2.21. The van der Waals surface area contributed by atoms with Gasteiger partial charge in [0.25, 0.3) is 0 Å². The van der Waals surface area contributed by atoms with Gasteiger partial charge in [0.1, 0.15) is 6.54 Å². The van der Waals surface area contributed by atoms with Crippen molar-refractivity contribution in [2.45, 2.75) is 6.92 Å². The Hall–Kier alpha value is -2.10. The fourth-order valence-electron chi connectivity index (χ4n) is 2.33. The van der Waals surface area contributed by atoms with Gasteiger partial charge in [-0.15, -0.1) is 0 Å². The molecule has 150 valence electrons. The first-order valence-electron chi connectivity index (χ1n) is 8.11. The minimum absolute atomic E-state index is 0.105. The molecule has 0 saturated heterocycles. The van der Waals surface area contributed by atoms with Gasteiger partial charge >= 0.3 is 5.97 Å². The second-order valence-corrected chi connectivity index (χ2v) is 8.94. The molecular formula is C18H18BrClN2O5S. The summed E-state index contributed by atoms with van der Waals surface area (Å²) < 4.78 is 30.9. The Morgan fingerprint density at radius 1 is 1.21 bits per heavy atom. The van der Waals surface area contributed by atoms with Crippen LogP contribution in [-0.4, -0.2) is 39.7 Å². The molecule has 0 aliphatic rings. The van der Waals surface area contributed by atoms with Gasteiger partial charge in [0.2, 0.25) is 15.9 Å². The first kappa shape index (κ1) is 22.2. The van der Waals surface area contributed by atoms with Crippen LogP contribution in [0.15, 0.2) is 46.9 Å². The fourth-order valence-corrected chi connectivity index (χ4v) is 3.76. The second-order valence-electron chi connectivity index (χ2n) is 5.71. The van der Waals surface area contributed by atoms with Gasteiger partial charge in [-0.1, -0.05) is 33.6 Å². The Balaban J connectivity index is 2.22. The van der Waals surface area contributed by atoms with Gasteiger partial charge in [0, 0.05) is 10.2 Å². The van der Waals surface area contributed by atoms with Crippen molar-refractivity contribution in [3.8, 4) is 0 Å². The van der Waals surface area contributed by atoms with Crippen LogP contribution in [0.2, 0.25) is 5.02 Å². The average Bonchev–Trinajstić information content (AvgIpc) is 2.60. The van der Waals surface area contributed by atoms with Gasteiger partial charge in [-0.2, -0.15) is 0 Å². The minimum Gasteiger partial charge on any atom is -0.462 e. The lowest BCUT2D eigenvalue weighted by Crippen LogP contribution is -2.37. The molecule has 0 aliphatic carbocycles. The van der Waals surface area contributed by atoms with Crippen LogP contribution in [0.25, 0.3) is 0 Å². The highest BCUT2D eigenvalue weighted by molar-refractivity contribution is 9.10. The van der Waals surface area contributed by atoms with E-state index in [0.29, 0.717) is 15.8 Å². The van der Waals surface area contributed by atoms with E-state index in [9.17, 15) is 18.0 Å². The van der Waals surface area contributed by atoms with E-state index in [2.05, 4.69) is 21.2 Å². The first-order chi connectivity index (χ1) is 13.1. The predicted molar refractivity (Wildman–Crippen MR) is 112 cm³/mol. The number of carbonyl (C=O) groups is 2. The lowest BCUT2D eigenvalue weighted by Gasteiger charge is -2.22. The summed E-state index contributed by atoms with van der Waals surface area (Å²) in [5, 5.41) is 2.75. The Kier molecular flexibility index (Phi) is 7.45. The maximum atomic E-state index is 12.4. The number of carbonyl (C=O) groups excluding carboxylic acids is 2. The number of nitrogens with one attached hydrogen (secondary N) is 1. The number of anilines is 2. The van der Waals surface area contributed by atoms with Crippen molar-refractivity contribution in [2.75, 3.05) is 29.0 Å². The summed E-state index contributed by atoms with van der Waals surface area (Å²) in [5.41, 5.74) is 0.740. The van der Waals surface area contributed by atoms with E-state index in [1.165, 1.54) is 18.2 Å². The average molecular weight is 490 g/mol. The van der Waals surface area contributed by atoms with Crippen LogP contribution in [0, 0.1) is 0 Å². The molecule has 2 rings (SSSR count). The summed E-state index contributed by atoms with van der Waals surface area (Å²) in [6.45, 7) is 1.41. The molecule has 0 saturated carbocycles. The van der Waals surface area contributed by atoms with Crippen LogP contribution >= 0.6 is 27.5 Å². The number of ether oxygens (including phenoxy) is 1. The monoisotopic (exact) mass is 488 g/mol. The number of rotatable bonds is 7. The number of amides is 1. The van der Waals surface area contributed by atoms with Crippen LogP contribution in [0.4, 0.5) is 11.4 Å². The maximum absolute atomic E-state index is 12.4. The van der Waals surface area contributed by atoms with Crippen LogP contribution in [0.3, 0.4) is 0 Å². The number of nitrogens with zero attached hydrogens (tertiary/aromatic N) is 1. The quantitative estimate of drug-likeness (QED) is 0.599. The third-order valence-corrected chi connectivity index (χ3v) is 5.49. The van der Waals surface area contributed by atoms with Crippen LogP contribution in [0.1, 0.15) is 17.3 Å². The van der Waals surface area contributed by atoms with Gasteiger partial charge in [0.15, 0.2) is 0 Å². The molecule has 0 bridgehead atoms. The number of hydrogen-bond donors (Lipinski definition) is 1. The molecule has 0 fully saturated rings. The van der Waals surface area contributed by atoms with E-state index in [1.807, 2.05) is 0 Å². The van der Waals surface area contributed by atoms with Gasteiger partial charge < -0.3 is 10.1 Å². The summed E-state index contributed by atoms with van der Waals surface area (Å²) >= 11 is 9.28. The molecule has 0 atom stereocenters. The second kappa shape index (κ2) is 9.40. The van der Waals surface area contributed by atoms with E-state index in [0.717, 1.165) is 10.6 Å². The van der Waals surface area contributed by atoms with Crippen molar-refractivity contribution < 1.29 is 22.7 Å². The Bertz CT molecular complexity index is 997. The molecule has 10 heteroatoms. The SMILES string of the molecule is CCOC(=O)c1cc(NC(=O)CN(c2cccc(Br)c2)S(C)(=O)=O)ccc1Cl. The zero-order valence-corrected chi connectivity index (χ0v) is 18.3. The van der Waals surface area contributed by atoms with Crippen molar-refractivity contribution in [3.63, 3.8) is 0 Å². The molecule has 28 heavy (non-hydrogen) atoms. The smallest absolute Gasteiger partial charge is 0.339 e. The summed E-state index contributed by atoms with van der Waals surface area (Å²) in [5.74, 6) is -1.20. The van der Waals surface area contributed by atoms with E-state index in [1.54, 1.807) is 31.2 Å². The number of halogens is 2. The summed E-state index contributed by atoms with van der Waals surface area (Å²) in [7, 11) is -3.70. The molecule has 2 aromatic rings. The molecule has 7 nitrogen and oxygen atoms in total. The fraction of sp³-hybridized carbons (Fsp3) is 0.222. The normalized spacial score (nSPS) is 11.0. The molecule has 2 aromatic carbocycles. The van der Waals surface area contributed by atoms with E-state index in [4.69, 9.17) is 16.3 Å². The Morgan fingerprint density at radius 3 is 2.54 bits per heavy atom. The van der Waals surface area contributed by atoms with Crippen LogP contribution in [-0.2, 0) is 19.6 Å². The van der Waals surface area contributed by atoms with Gasteiger partial charge in [0.05, 0.1) is 29.1 Å². The molecule has 0 aliphatic heterocycles. The number of esters is 1. The van der Waals surface area contributed by atoms with Gasteiger partial charge in [-0.3, -0.25) is 9.10 Å². The predicted octanol–water partition coefficient (Wildman–Crippen LogP) is 3.68. The third kappa shape index (κ3) is 5.95. The zero-order chi connectivity index (χ0) is 20.9. The standard InChI is InChI=1S/C18H18BrClN2O5S/c1-3-27-18(24)15-10-13(7-8-16(15)20)21-17(23)11-22(28(2,25)26)14-6-4-5-12(19)9-14/h4-10H,3,11H2,1-2H3,(H,21,23). The third-order valence-electron chi connectivity index (χ3n) is 3.53. The molecule has 0 spiro atoms. The summed E-state index contributed by atoms with van der Waals surface area (Å²) in [6, 6.07) is 10.9. The molecule has 0 unspecified atom stereocenters. The lowest BCUT2D eigenvalue weighted by molar-refractivity contribution is -0.114. The van der Waals surface area contributed by atoms with E-state index < -0.39 is 28.4 Å². The minimum atomic E-state index is -3.70. The van der Waals surface area contributed by atoms with Crippen LogP contribution < -0.4 is 9.62 Å². The highest BCUT2D eigenvalue weighted by Crippen LogP contribution is 2.24. The molecular weight excluding hydrogens is 472 g/mol. The summed E-state index contributed by atoms with van der Waals surface area (Å²) in [6.07, 6.45) is 1.02. The molecule has 1 N–H and O–H groups in total. The van der Waals surface area contributed by atoms with Crippen molar-refractivity contribution in [1.29, 1.82) is 0 Å². The Labute approximate surface area is 176 Å². The first-order valence-corrected chi connectivity index (χ1v) is 11.1. The van der Waals surface area contributed by atoms with E-state index >= 15 is 0 Å². The molecule has 0 heterocycles. The largest absolute Gasteiger partial charge is 0.462 e. The van der Waals surface area contributed by atoms with E-state index in [-0.39, 0.29) is 17.2 Å². The van der Waals surface area contributed by atoms with Gasteiger partial charge in [-0.05, 0) is 43.3 Å². The van der Waals surface area contributed by atoms with Crippen molar-refractivity contribution >= 4 is 60.8 Å². The molecule has 0 radical (unpaired) electrons. The summed E-state index contributed by atoms with van der Waals surface area (Å²) in [4.78, 5) is 24.4. The van der Waals surface area contributed by atoms with Gasteiger partial charge in [-0.25, -0.2) is 13.2 Å². The Morgan fingerprint density at radius 2 is 1.93 bits per heavy atom. The lowest BCUT2D eigenvalue weighted by atomic mass is 10.2.